The minimum Gasteiger partial charge on any atom is -0.339 e. The molecule has 1 saturated carbocycles. The summed E-state index contributed by atoms with van der Waals surface area (Å²) in [5.41, 5.74) is 0. The maximum absolute atomic E-state index is 12.1. The number of carbonyl (C=O) groups is 1. The van der Waals surface area contributed by atoms with E-state index in [4.69, 9.17) is 0 Å². The largest absolute Gasteiger partial charge is 0.339 e. The Balaban J connectivity index is 1.64. The summed E-state index contributed by atoms with van der Waals surface area (Å²) in [7, 11) is 0. The van der Waals surface area contributed by atoms with Crippen LogP contribution in [0.4, 0.5) is 0 Å². The van der Waals surface area contributed by atoms with Gasteiger partial charge in [-0.2, -0.15) is 0 Å². The normalized spacial score (nSPS) is 22.6. The van der Waals surface area contributed by atoms with E-state index in [9.17, 15) is 4.79 Å². The molecule has 0 unspecified atom stereocenters. The quantitative estimate of drug-likeness (QED) is 0.796. The predicted octanol–water partition coefficient (Wildman–Crippen LogP) is 1.07. The lowest BCUT2D eigenvalue weighted by Crippen LogP contribution is -2.51. The maximum atomic E-state index is 12.1. The van der Waals surface area contributed by atoms with Crippen molar-refractivity contribution in [3.8, 4) is 0 Å². The highest BCUT2D eigenvalue weighted by Crippen LogP contribution is 2.17. The number of hydrogen-bond acceptors (Lipinski definition) is 3. The Hall–Kier alpha value is -0.610. The lowest BCUT2D eigenvalue weighted by molar-refractivity contribution is -0.132. The van der Waals surface area contributed by atoms with E-state index in [1.54, 1.807) is 0 Å². The van der Waals surface area contributed by atoms with E-state index in [-0.39, 0.29) is 5.91 Å². The predicted molar refractivity (Wildman–Crippen MR) is 73.6 cm³/mol. The molecule has 1 N–H and O–H groups in total. The summed E-state index contributed by atoms with van der Waals surface area (Å²) >= 11 is 0. The van der Waals surface area contributed by atoms with Gasteiger partial charge in [-0.25, -0.2) is 0 Å². The average molecular weight is 253 g/mol. The van der Waals surface area contributed by atoms with Gasteiger partial charge in [0.05, 0.1) is 6.54 Å². The molecule has 1 aliphatic heterocycles. The van der Waals surface area contributed by atoms with Crippen molar-refractivity contribution < 1.29 is 4.79 Å². The van der Waals surface area contributed by atoms with Gasteiger partial charge < -0.3 is 10.2 Å². The Labute approximate surface area is 111 Å². The summed E-state index contributed by atoms with van der Waals surface area (Å²) in [5, 5.41) is 3.41. The van der Waals surface area contributed by atoms with Gasteiger partial charge in [-0.05, 0) is 25.8 Å². The Bertz CT molecular complexity index is 256. The van der Waals surface area contributed by atoms with E-state index in [1.807, 2.05) is 4.90 Å². The summed E-state index contributed by atoms with van der Waals surface area (Å²) < 4.78 is 0. The molecule has 2 rings (SSSR count). The van der Waals surface area contributed by atoms with Crippen LogP contribution in [0.5, 0.6) is 0 Å². The zero-order chi connectivity index (χ0) is 12.8. The fourth-order valence-corrected chi connectivity index (χ4v) is 3.01. The van der Waals surface area contributed by atoms with Gasteiger partial charge in [-0.1, -0.05) is 19.8 Å². The topological polar surface area (TPSA) is 35.6 Å². The van der Waals surface area contributed by atoms with Crippen LogP contribution in [0.25, 0.3) is 0 Å². The van der Waals surface area contributed by atoms with Crippen LogP contribution in [0.2, 0.25) is 0 Å². The fraction of sp³-hybridized carbons (Fsp3) is 0.929. The standard InChI is InChI=1S/C14H27N3O/c1-2-7-16-8-10-17(11-9-16)14(18)12-15-13-5-3-4-6-13/h13,15H,2-12H2,1H3. The van der Waals surface area contributed by atoms with Crippen molar-refractivity contribution in [2.75, 3.05) is 39.3 Å². The number of hydrogen-bond donors (Lipinski definition) is 1. The maximum Gasteiger partial charge on any atom is 0.236 e. The molecule has 0 atom stereocenters. The molecule has 0 aromatic heterocycles. The molecule has 0 spiro atoms. The van der Waals surface area contributed by atoms with Crippen molar-refractivity contribution in [2.45, 2.75) is 45.1 Å². The van der Waals surface area contributed by atoms with Crippen LogP contribution >= 0.6 is 0 Å². The highest BCUT2D eigenvalue weighted by Gasteiger charge is 2.21. The van der Waals surface area contributed by atoms with Crippen LogP contribution in [0.15, 0.2) is 0 Å². The second-order valence-electron chi connectivity index (χ2n) is 5.58. The number of amides is 1. The first-order chi connectivity index (χ1) is 8.79. The highest BCUT2D eigenvalue weighted by molar-refractivity contribution is 5.78. The van der Waals surface area contributed by atoms with Crippen molar-refractivity contribution in [1.29, 1.82) is 0 Å². The molecule has 0 aromatic carbocycles. The van der Waals surface area contributed by atoms with E-state index in [2.05, 4.69) is 17.1 Å². The molecule has 4 heteroatoms. The Morgan fingerprint density at radius 2 is 1.83 bits per heavy atom. The summed E-state index contributed by atoms with van der Waals surface area (Å²) in [6.07, 6.45) is 6.34. The second-order valence-corrected chi connectivity index (χ2v) is 5.58. The molecule has 1 aliphatic carbocycles. The summed E-state index contributed by atoms with van der Waals surface area (Å²) in [5.74, 6) is 0.290. The van der Waals surface area contributed by atoms with Crippen LogP contribution in [0.1, 0.15) is 39.0 Å². The van der Waals surface area contributed by atoms with Crippen molar-refractivity contribution in [3.63, 3.8) is 0 Å². The van der Waals surface area contributed by atoms with Crippen LogP contribution in [-0.2, 0) is 4.79 Å². The fourth-order valence-electron chi connectivity index (χ4n) is 3.01. The van der Waals surface area contributed by atoms with Crippen molar-refractivity contribution >= 4 is 5.91 Å². The molecular formula is C14H27N3O. The van der Waals surface area contributed by atoms with Crippen LogP contribution in [0, 0.1) is 0 Å². The van der Waals surface area contributed by atoms with Crippen molar-refractivity contribution in [2.24, 2.45) is 0 Å². The zero-order valence-electron chi connectivity index (χ0n) is 11.7. The van der Waals surface area contributed by atoms with E-state index in [0.29, 0.717) is 12.6 Å². The molecular weight excluding hydrogens is 226 g/mol. The summed E-state index contributed by atoms with van der Waals surface area (Å²) in [4.78, 5) is 16.5. The Morgan fingerprint density at radius 3 is 2.44 bits per heavy atom. The molecule has 1 amide bonds. The second kappa shape index (κ2) is 7.10. The van der Waals surface area contributed by atoms with Gasteiger partial charge in [0.1, 0.15) is 0 Å². The average Bonchev–Trinajstić information content (AvgIpc) is 2.90. The molecule has 18 heavy (non-hydrogen) atoms. The van der Waals surface area contributed by atoms with Crippen LogP contribution < -0.4 is 5.32 Å². The summed E-state index contributed by atoms with van der Waals surface area (Å²) in [6, 6.07) is 0.593. The molecule has 1 heterocycles. The van der Waals surface area contributed by atoms with Gasteiger partial charge in [0.25, 0.3) is 0 Å². The number of piperazine rings is 1. The molecule has 0 bridgehead atoms. The van der Waals surface area contributed by atoms with Gasteiger partial charge in [0.2, 0.25) is 5.91 Å². The zero-order valence-corrected chi connectivity index (χ0v) is 11.7. The summed E-state index contributed by atoms with van der Waals surface area (Å²) in [6.45, 7) is 7.83. The van der Waals surface area contributed by atoms with Crippen LogP contribution in [0.3, 0.4) is 0 Å². The van der Waals surface area contributed by atoms with Gasteiger partial charge in [-0.15, -0.1) is 0 Å². The first-order valence-electron chi connectivity index (χ1n) is 7.53. The molecule has 1 saturated heterocycles. The number of rotatable bonds is 5. The van der Waals surface area contributed by atoms with E-state index in [1.165, 1.54) is 38.6 Å². The SMILES string of the molecule is CCCN1CCN(C(=O)CNC2CCCC2)CC1. The van der Waals surface area contributed by atoms with Gasteiger partial charge in [0, 0.05) is 32.2 Å². The molecule has 0 radical (unpaired) electrons. The molecule has 2 aliphatic rings. The molecule has 2 fully saturated rings. The third-order valence-electron chi connectivity index (χ3n) is 4.16. The lowest BCUT2D eigenvalue weighted by atomic mass is 10.2. The Kier molecular flexibility index (Phi) is 5.45. The number of carbonyl (C=O) groups excluding carboxylic acids is 1. The number of nitrogens with one attached hydrogen (secondary N) is 1. The third-order valence-corrected chi connectivity index (χ3v) is 4.16. The van der Waals surface area contributed by atoms with Crippen molar-refractivity contribution in [3.05, 3.63) is 0 Å². The molecule has 0 aromatic rings. The van der Waals surface area contributed by atoms with E-state index >= 15 is 0 Å². The lowest BCUT2D eigenvalue weighted by Gasteiger charge is -2.34. The minimum absolute atomic E-state index is 0.290. The van der Waals surface area contributed by atoms with Crippen LogP contribution in [-0.4, -0.2) is 61.0 Å². The van der Waals surface area contributed by atoms with Gasteiger partial charge in [-0.3, -0.25) is 9.69 Å². The van der Waals surface area contributed by atoms with E-state index in [0.717, 1.165) is 26.2 Å². The highest BCUT2D eigenvalue weighted by atomic mass is 16.2. The van der Waals surface area contributed by atoms with Gasteiger partial charge >= 0.3 is 0 Å². The van der Waals surface area contributed by atoms with E-state index < -0.39 is 0 Å². The monoisotopic (exact) mass is 253 g/mol. The van der Waals surface area contributed by atoms with Gasteiger partial charge in [0.15, 0.2) is 0 Å². The molecule has 104 valence electrons. The Morgan fingerprint density at radius 1 is 1.17 bits per heavy atom. The smallest absolute Gasteiger partial charge is 0.236 e. The minimum atomic E-state index is 0.290. The molecule has 4 nitrogen and oxygen atoms in total. The van der Waals surface area contributed by atoms with Crippen molar-refractivity contribution in [1.82, 2.24) is 15.1 Å². The third kappa shape index (κ3) is 3.95. The number of nitrogens with zero attached hydrogens (tertiary/aromatic N) is 2. The first kappa shape index (κ1) is 13.8. The first-order valence-corrected chi connectivity index (χ1v) is 7.53.